The van der Waals surface area contributed by atoms with Crippen LogP contribution in [0.5, 0.6) is 17.2 Å². The Morgan fingerprint density at radius 3 is 1.89 bits per heavy atom. The Morgan fingerprint density at radius 2 is 1.29 bits per heavy atom. The normalized spacial score (nSPS) is 13.8. The van der Waals surface area contributed by atoms with E-state index in [0.29, 0.717) is 54.6 Å². The van der Waals surface area contributed by atoms with Crippen LogP contribution in [0.15, 0.2) is 42.5 Å². The molecule has 1 aliphatic heterocycles. The molecular weight excluding hydrogens is 360 g/mol. The van der Waals surface area contributed by atoms with Gasteiger partial charge >= 0.3 is 0 Å². The number of hydrogen-bond acceptors (Lipinski definition) is 5. The molecule has 1 aliphatic rings. The van der Waals surface area contributed by atoms with Gasteiger partial charge in [0.25, 0.3) is 11.8 Å². The number of para-hydroxylation sites is 1. The van der Waals surface area contributed by atoms with Crippen LogP contribution in [0.4, 0.5) is 0 Å². The molecule has 0 N–H and O–H groups in total. The summed E-state index contributed by atoms with van der Waals surface area (Å²) in [6.45, 7) is 1.87. The minimum absolute atomic E-state index is 0.0873. The lowest BCUT2D eigenvalue weighted by Gasteiger charge is -2.35. The molecule has 0 saturated carbocycles. The Hall–Kier alpha value is -3.22. The second-order valence-electron chi connectivity index (χ2n) is 6.35. The second-order valence-corrected chi connectivity index (χ2v) is 6.35. The highest BCUT2D eigenvalue weighted by atomic mass is 16.5. The fraction of sp³-hybridized carbons (Fsp3) is 0.333. The van der Waals surface area contributed by atoms with Gasteiger partial charge in [0, 0.05) is 31.7 Å². The Balaban J connectivity index is 1.66. The van der Waals surface area contributed by atoms with E-state index in [1.807, 2.05) is 12.1 Å². The molecule has 2 aromatic rings. The average Bonchev–Trinajstić information content (AvgIpc) is 2.77. The lowest BCUT2D eigenvalue weighted by molar-refractivity contribution is 0.0533. The van der Waals surface area contributed by atoms with E-state index in [2.05, 4.69) is 0 Å². The van der Waals surface area contributed by atoms with Crippen molar-refractivity contribution in [3.05, 3.63) is 53.6 Å². The van der Waals surface area contributed by atoms with Gasteiger partial charge in [-0.3, -0.25) is 9.59 Å². The van der Waals surface area contributed by atoms with Gasteiger partial charge in [0.2, 0.25) is 0 Å². The van der Waals surface area contributed by atoms with Crippen LogP contribution < -0.4 is 14.2 Å². The number of carbonyl (C=O) groups is 2. The van der Waals surface area contributed by atoms with Crippen molar-refractivity contribution >= 4 is 11.8 Å². The summed E-state index contributed by atoms with van der Waals surface area (Å²) in [6, 6.07) is 12.3. The van der Waals surface area contributed by atoms with Gasteiger partial charge in [0.05, 0.1) is 26.9 Å². The summed E-state index contributed by atoms with van der Waals surface area (Å²) in [6.07, 6.45) is 0. The Morgan fingerprint density at radius 1 is 0.714 bits per heavy atom. The van der Waals surface area contributed by atoms with Crippen LogP contribution >= 0.6 is 0 Å². The number of ether oxygens (including phenoxy) is 3. The highest BCUT2D eigenvalue weighted by molar-refractivity contribution is 5.98. The SMILES string of the molecule is COc1ccc(C(=O)N2CCN(C(=O)c3ccccc3OC)CC2)cc1OC. The number of amides is 2. The first-order chi connectivity index (χ1) is 13.6. The Labute approximate surface area is 164 Å². The Kier molecular flexibility index (Phi) is 6.03. The zero-order valence-corrected chi connectivity index (χ0v) is 16.3. The number of nitrogens with zero attached hydrogens (tertiary/aromatic N) is 2. The fourth-order valence-corrected chi connectivity index (χ4v) is 3.26. The van der Waals surface area contributed by atoms with E-state index in [9.17, 15) is 9.59 Å². The maximum absolute atomic E-state index is 12.8. The number of rotatable bonds is 5. The van der Waals surface area contributed by atoms with Crippen molar-refractivity contribution < 1.29 is 23.8 Å². The average molecular weight is 384 g/mol. The molecule has 7 nitrogen and oxygen atoms in total. The van der Waals surface area contributed by atoms with Gasteiger partial charge in [-0.1, -0.05) is 12.1 Å². The lowest BCUT2D eigenvalue weighted by Crippen LogP contribution is -2.50. The summed E-state index contributed by atoms with van der Waals surface area (Å²) in [5.41, 5.74) is 1.06. The van der Waals surface area contributed by atoms with E-state index in [1.54, 1.807) is 54.4 Å². The van der Waals surface area contributed by atoms with E-state index >= 15 is 0 Å². The highest BCUT2D eigenvalue weighted by Gasteiger charge is 2.27. The van der Waals surface area contributed by atoms with Crippen LogP contribution in [0, 0.1) is 0 Å². The maximum Gasteiger partial charge on any atom is 0.257 e. The van der Waals surface area contributed by atoms with Gasteiger partial charge in [-0.05, 0) is 30.3 Å². The smallest absolute Gasteiger partial charge is 0.257 e. The minimum Gasteiger partial charge on any atom is -0.496 e. The summed E-state index contributed by atoms with van der Waals surface area (Å²) < 4.78 is 15.8. The molecule has 2 aromatic carbocycles. The van der Waals surface area contributed by atoms with Crippen molar-refractivity contribution in [2.45, 2.75) is 0 Å². The molecule has 148 valence electrons. The van der Waals surface area contributed by atoms with E-state index in [4.69, 9.17) is 14.2 Å². The van der Waals surface area contributed by atoms with Crippen molar-refractivity contribution in [1.82, 2.24) is 9.80 Å². The van der Waals surface area contributed by atoms with Gasteiger partial charge < -0.3 is 24.0 Å². The van der Waals surface area contributed by atoms with Gasteiger partial charge in [-0.15, -0.1) is 0 Å². The largest absolute Gasteiger partial charge is 0.496 e. The zero-order chi connectivity index (χ0) is 20.1. The van der Waals surface area contributed by atoms with Crippen LogP contribution in [0.3, 0.4) is 0 Å². The molecular formula is C21H24N2O5. The van der Waals surface area contributed by atoms with Crippen molar-refractivity contribution in [1.29, 1.82) is 0 Å². The summed E-state index contributed by atoms with van der Waals surface area (Å²) in [5.74, 6) is 1.46. The molecule has 28 heavy (non-hydrogen) atoms. The molecule has 1 heterocycles. The van der Waals surface area contributed by atoms with E-state index in [1.165, 1.54) is 7.11 Å². The quantitative estimate of drug-likeness (QED) is 0.791. The molecule has 0 aliphatic carbocycles. The summed E-state index contributed by atoms with van der Waals surface area (Å²) >= 11 is 0. The molecule has 1 fully saturated rings. The molecule has 1 saturated heterocycles. The number of carbonyl (C=O) groups excluding carboxylic acids is 2. The van der Waals surface area contributed by atoms with E-state index in [-0.39, 0.29) is 11.8 Å². The molecule has 0 aromatic heterocycles. The first-order valence-corrected chi connectivity index (χ1v) is 9.02. The molecule has 0 spiro atoms. The standard InChI is InChI=1S/C21H24N2O5/c1-26-17-7-5-4-6-16(17)21(25)23-12-10-22(11-13-23)20(24)15-8-9-18(27-2)19(14-15)28-3/h4-9,14H,10-13H2,1-3H3. The van der Waals surface area contributed by atoms with Gasteiger partial charge in [0.1, 0.15) is 5.75 Å². The highest BCUT2D eigenvalue weighted by Crippen LogP contribution is 2.28. The van der Waals surface area contributed by atoms with Gasteiger partial charge in [-0.25, -0.2) is 0 Å². The molecule has 7 heteroatoms. The number of benzene rings is 2. The molecule has 2 amide bonds. The van der Waals surface area contributed by atoms with Crippen LogP contribution in [-0.4, -0.2) is 69.1 Å². The van der Waals surface area contributed by atoms with Gasteiger partial charge in [-0.2, -0.15) is 0 Å². The van der Waals surface area contributed by atoms with Crippen LogP contribution in [0.1, 0.15) is 20.7 Å². The zero-order valence-electron chi connectivity index (χ0n) is 16.3. The van der Waals surface area contributed by atoms with Crippen LogP contribution in [0.2, 0.25) is 0 Å². The topological polar surface area (TPSA) is 68.3 Å². The monoisotopic (exact) mass is 384 g/mol. The minimum atomic E-state index is -0.0923. The summed E-state index contributed by atoms with van der Waals surface area (Å²) in [4.78, 5) is 29.1. The Bertz CT molecular complexity index is 860. The number of piperazine rings is 1. The van der Waals surface area contributed by atoms with E-state index < -0.39 is 0 Å². The predicted molar refractivity (Wildman–Crippen MR) is 104 cm³/mol. The summed E-state index contributed by atoms with van der Waals surface area (Å²) in [7, 11) is 4.64. The van der Waals surface area contributed by atoms with Crippen LogP contribution in [-0.2, 0) is 0 Å². The van der Waals surface area contributed by atoms with Crippen molar-refractivity contribution in [2.24, 2.45) is 0 Å². The fourth-order valence-electron chi connectivity index (χ4n) is 3.26. The first kappa shape index (κ1) is 19.5. The first-order valence-electron chi connectivity index (χ1n) is 9.02. The van der Waals surface area contributed by atoms with Crippen molar-refractivity contribution in [3.63, 3.8) is 0 Å². The van der Waals surface area contributed by atoms with Crippen molar-refractivity contribution in [3.8, 4) is 17.2 Å². The summed E-state index contributed by atoms with van der Waals surface area (Å²) in [5, 5.41) is 0. The third-order valence-electron chi connectivity index (χ3n) is 4.82. The molecule has 3 rings (SSSR count). The molecule has 0 atom stereocenters. The van der Waals surface area contributed by atoms with E-state index in [0.717, 1.165) is 0 Å². The maximum atomic E-state index is 12.8. The number of methoxy groups -OCH3 is 3. The third kappa shape index (κ3) is 3.88. The predicted octanol–water partition coefficient (Wildman–Crippen LogP) is 2.31. The van der Waals surface area contributed by atoms with Crippen LogP contribution in [0.25, 0.3) is 0 Å². The van der Waals surface area contributed by atoms with Crippen molar-refractivity contribution in [2.75, 3.05) is 47.5 Å². The molecule has 0 radical (unpaired) electrons. The third-order valence-corrected chi connectivity index (χ3v) is 4.82. The second kappa shape index (κ2) is 8.65. The lowest BCUT2D eigenvalue weighted by atomic mass is 10.1. The van der Waals surface area contributed by atoms with Gasteiger partial charge in [0.15, 0.2) is 11.5 Å². The molecule has 0 unspecified atom stereocenters. The molecule has 0 bridgehead atoms. The number of hydrogen-bond donors (Lipinski definition) is 0.